The first kappa shape index (κ1) is 18.1. The minimum absolute atomic E-state index is 0.000264. The molecule has 0 radical (unpaired) electrons. The van der Waals surface area contributed by atoms with Crippen molar-refractivity contribution in [2.24, 2.45) is 0 Å². The van der Waals surface area contributed by atoms with Crippen LogP contribution in [0.25, 0.3) is 0 Å². The Morgan fingerprint density at radius 2 is 1.69 bits per heavy atom. The highest BCUT2D eigenvalue weighted by Crippen LogP contribution is 2.26. The molecule has 5 nitrogen and oxygen atoms in total. The topological polar surface area (TPSA) is 58.6 Å². The predicted octanol–water partition coefficient (Wildman–Crippen LogP) is 3.43. The number of para-hydroxylation sites is 2. The van der Waals surface area contributed by atoms with Gasteiger partial charge in [-0.25, -0.2) is 0 Å². The van der Waals surface area contributed by atoms with Gasteiger partial charge in [0.05, 0.1) is 24.6 Å². The van der Waals surface area contributed by atoms with E-state index >= 15 is 0 Å². The van der Waals surface area contributed by atoms with Crippen molar-refractivity contribution in [1.82, 2.24) is 0 Å². The van der Waals surface area contributed by atoms with Gasteiger partial charge in [0.25, 0.3) is 0 Å². The monoisotopic (exact) mass is 352 g/mol. The van der Waals surface area contributed by atoms with E-state index in [-0.39, 0.29) is 24.5 Å². The number of Topliss-reactive ketones (excluding diaryl/α,β-unsaturated/α-hetero) is 1. The zero-order chi connectivity index (χ0) is 18.4. The quantitative estimate of drug-likeness (QED) is 0.809. The molecule has 0 unspecified atom stereocenters. The average Bonchev–Trinajstić information content (AvgIpc) is 2.67. The third kappa shape index (κ3) is 4.49. The number of hydrogen-bond acceptors (Lipinski definition) is 4. The Morgan fingerprint density at radius 1 is 1.00 bits per heavy atom. The van der Waals surface area contributed by atoms with E-state index < -0.39 is 0 Å². The van der Waals surface area contributed by atoms with Gasteiger partial charge in [-0.15, -0.1) is 0 Å². The molecule has 0 atom stereocenters. The molecule has 1 fully saturated rings. The van der Waals surface area contributed by atoms with Crippen LogP contribution in [0.3, 0.4) is 0 Å². The van der Waals surface area contributed by atoms with Gasteiger partial charge in [-0.1, -0.05) is 36.4 Å². The van der Waals surface area contributed by atoms with Gasteiger partial charge in [-0.05, 0) is 24.6 Å². The first-order valence-electron chi connectivity index (χ1n) is 8.95. The van der Waals surface area contributed by atoms with Crippen molar-refractivity contribution in [3.8, 4) is 0 Å². The number of carbonyl (C=O) groups excluding carboxylic acids is 2. The molecule has 0 bridgehead atoms. The first-order chi connectivity index (χ1) is 12.6. The van der Waals surface area contributed by atoms with E-state index in [1.807, 2.05) is 55.5 Å². The summed E-state index contributed by atoms with van der Waals surface area (Å²) in [4.78, 5) is 26.9. The van der Waals surface area contributed by atoms with Crippen LogP contribution in [-0.2, 0) is 9.53 Å². The van der Waals surface area contributed by atoms with Crippen LogP contribution in [0.15, 0.2) is 48.5 Å². The fourth-order valence-electron chi connectivity index (χ4n) is 3.12. The molecule has 1 aliphatic heterocycles. The number of nitrogens with zero attached hydrogens (tertiary/aromatic N) is 1. The molecule has 3 rings (SSSR count). The summed E-state index contributed by atoms with van der Waals surface area (Å²) in [6, 6.07) is 15.2. The lowest BCUT2D eigenvalue weighted by molar-refractivity contribution is -0.116. The van der Waals surface area contributed by atoms with Crippen molar-refractivity contribution in [2.75, 3.05) is 36.5 Å². The molecule has 1 saturated heterocycles. The number of ether oxygens (including phenoxy) is 1. The summed E-state index contributed by atoms with van der Waals surface area (Å²) >= 11 is 0. The van der Waals surface area contributed by atoms with Crippen LogP contribution in [0, 0.1) is 6.92 Å². The van der Waals surface area contributed by atoms with Gasteiger partial charge >= 0.3 is 0 Å². The lowest BCUT2D eigenvalue weighted by atomic mass is 10.0. The standard InChI is InChI=1S/C21H24N2O3/c1-16-6-2-3-7-17(16)20(24)10-11-21(25)22-18-8-4-5-9-19(18)23-12-14-26-15-13-23/h2-9H,10-15H2,1H3,(H,22,25). The number of ketones is 1. The number of benzene rings is 2. The lowest BCUT2D eigenvalue weighted by Gasteiger charge is -2.30. The number of anilines is 2. The van der Waals surface area contributed by atoms with E-state index in [4.69, 9.17) is 4.74 Å². The summed E-state index contributed by atoms with van der Waals surface area (Å²) in [5.41, 5.74) is 3.40. The van der Waals surface area contributed by atoms with Crippen LogP contribution >= 0.6 is 0 Å². The van der Waals surface area contributed by atoms with Crippen LogP contribution in [0.4, 0.5) is 11.4 Å². The molecule has 5 heteroatoms. The van der Waals surface area contributed by atoms with E-state index in [1.54, 1.807) is 0 Å². The van der Waals surface area contributed by atoms with Crippen molar-refractivity contribution in [3.63, 3.8) is 0 Å². The summed E-state index contributed by atoms with van der Waals surface area (Å²) < 4.78 is 5.39. The second-order valence-corrected chi connectivity index (χ2v) is 6.40. The summed E-state index contributed by atoms with van der Waals surface area (Å²) in [5.74, 6) is -0.146. The highest BCUT2D eigenvalue weighted by Gasteiger charge is 2.16. The Balaban J connectivity index is 1.60. The maximum atomic E-state index is 12.4. The predicted molar refractivity (Wildman–Crippen MR) is 103 cm³/mol. The molecule has 2 aromatic carbocycles. The van der Waals surface area contributed by atoms with Crippen molar-refractivity contribution in [1.29, 1.82) is 0 Å². The Hall–Kier alpha value is -2.66. The van der Waals surface area contributed by atoms with Crippen molar-refractivity contribution in [2.45, 2.75) is 19.8 Å². The van der Waals surface area contributed by atoms with Gasteiger partial charge in [0.1, 0.15) is 0 Å². The van der Waals surface area contributed by atoms with Crippen LogP contribution < -0.4 is 10.2 Å². The average molecular weight is 352 g/mol. The third-order valence-corrected chi connectivity index (χ3v) is 4.55. The molecule has 0 spiro atoms. The van der Waals surface area contributed by atoms with Crippen molar-refractivity contribution < 1.29 is 14.3 Å². The second-order valence-electron chi connectivity index (χ2n) is 6.40. The largest absolute Gasteiger partial charge is 0.378 e. The van der Waals surface area contributed by atoms with Crippen LogP contribution in [0.1, 0.15) is 28.8 Å². The van der Waals surface area contributed by atoms with Gasteiger partial charge < -0.3 is 15.0 Å². The zero-order valence-electron chi connectivity index (χ0n) is 15.0. The molecule has 1 amide bonds. The number of carbonyl (C=O) groups is 2. The lowest BCUT2D eigenvalue weighted by Crippen LogP contribution is -2.36. The normalized spacial score (nSPS) is 14.1. The highest BCUT2D eigenvalue weighted by molar-refractivity contribution is 6.01. The van der Waals surface area contributed by atoms with Crippen LogP contribution in [0.5, 0.6) is 0 Å². The third-order valence-electron chi connectivity index (χ3n) is 4.55. The fourth-order valence-corrected chi connectivity index (χ4v) is 3.12. The minimum atomic E-state index is -0.146. The molecule has 1 heterocycles. The molecular weight excluding hydrogens is 328 g/mol. The molecule has 0 aromatic heterocycles. The van der Waals surface area contributed by atoms with Crippen molar-refractivity contribution in [3.05, 3.63) is 59.7 Å². The first-order valence-corrected chi connectivity index (χ1v) is 8.95. The van der Waals surface area contributed by atoms with E-state index in [9.17, 15) is 9.59 Å². The second kappa shape index (κ2) is 8.63. The SMILES string of the molecule is Cc1ccccc1C(=O)CCC(=O)Nc1ccccc1N1CCOCC1. The molecule has 1 aliphatic rings. The Labute approximate surface area is 154 Å². The number of rotatable bonds is 6. The maximum absolute atomic E-state index is 12.4. The Kier molecular flexibility index (Phi) is 6.02. The zero-order valence-corrected chi connectivity index (χ0v) is 15.0. The maximum Gasteiger partial charge on any atom is 0.224 e. The number of nitrogens with one attached hydrogen (secondary N) is 1. The van der Waals surface area contributed by atoms with Gasteiger partial charge in [0.15, 0.2) is 5.78 Å². The molecule has 136 valence electrons. The molecule has 0 aliphatic carbocycles. The van der Waals surface area contributed by atoms with E-state index in [0.29, 0.717) is 18.8 Å². The molecule has 2 aromatic rings. The summed E-state index contributed by atoms with van der Waals surface area (Å²) in [6.07, 6.45) is 0.376. The number of hydrogen-bond donors (Lipinski definition) is 1. The molecule has 26 heavy (non-hydrogen) atoms. The Bertz CT molecular complexity index is 782. The van der Waals surface area contributed by atoms with E-state index in [1.165, 1.54) is 0 Å². The highest BCUT2D eigenvalue weighted by atomic mass is 16.5. The molecular formula is C21H24N2O3. The van der Waals surface area contributed by atoms with Crippen LogP contribution in [0.2, 0.25) is 0 Å². The number of amides is 1. The van der Waals surface area contributed by atoms with Crippen molar-refractivity contribution >= 4 is 23.1 Å². The van der Waals surface area contributed by atoms with E-state index in [2.05, 4.69) is 10.2 Å². The smallest absolute Gasteiger partial charge is 0.224 e. The molecule has 0 saturated carbocycles. The van der Waals surface area contributed by atoms with Crippen LogP contribution in [-0.4, -0.2) is 38.0 Å². The van der Waals surface area contributed by atoms with Gasteiger partial charge in [0, 0.05) is 31.5 Å². The fraction of sp³-hybridized carbons (Fsp3) is 0.333. The number of morpholine rings is 1. The summed E-state index contributed by atoms with van der Waals surface area (Å²) in [5, 5.41) is 2.96. The summed E-state index contributed by atoms with van der Waals surface area (Å²) in [6.45, 7) is 4.89. The Morgan fingerprint density at radius 3 is 2.46 bits per heavy atom. The van der Waals surface area contributed by atoms with Gasteiger partial charge in [0.2, 0.25) is 5.91 Å². The summed E-state index contributed by atoms with van der Waals surface area (Å²) in [7, 11) is 0. The number of aryl methyl sites for hydroxylation is 1. The minimum Gasteiger partial charge on any atom is -0.378 e. The van der Waals surface area contributed by atoms with E-state index in [0.717, 1.165) is 30.0 Å². The van der Waals surface area contributed by atoms with Gasteiger partial charge in [-0.3, -0.25) is 9.59 Å². The molecule has 1 N–H and O–H groups in total. The van der Waals surface area contributed by atoms with Gasteiger partial charge in [-0.2, -0.15) is 0 Å².